The van der Waals surface area contributed by atoms with Crippen LogP contribution in [-0.2, 0) is 20.0 Å². The number of ether oxygens (including phenoxy) is 1. The summed E-state index contributed by atoms with van der Waals surface area (Å²) in [4.78, 5) is 19.0. The number of amides is 2. The second-order valence-electron chi connectivity index (χ2n) is 6.77. The summed E-state index contributed by atoms with van der Waals surface area (Å²) in [6.45, 7) is 5.80. The molecule has 0 bridgehead atoms. The van der Waals surface area contributed by atoms with Crippen LogP contribution in [0.1, 0.15) is 23.7 Å². The Kier molecular flexibility index (Phi) is 4.43. The van der Waals surface area contributed by atoms with E-state index in [-0.39, 0.29) is 6.03 Å². The van der Waals surface area contributed by atoms with E-state index in [4.69, 9.17) is 4.74 Å². The van der Waals surface area contributed by atoms with Gasteiger partial charge in [-0.2, -0.15) is 5.10 Å². The molecule has 1 aliphatic rings. The molecule has 27 heavy (non-hydrogen) atoms. The first-order valence-corrected chi connectivity index (χ1v) is 9.15. The molecule has 0 fully saturated rings. The van der Waals surface area contributed by atoms with E-state index in [2.05, 4.69) is 21.5 Å². The molecule has 0 radical (unpaired) electrons. The number of hydrogen-bond donors (Lipinski definition) is 1. The fraction of sp³-hybridized carbons (Fsp3) is 0.350. The maximum atomic E-state index is 12.7. The molecular weight excluding hydrogens is 342 g/mol. The van der Waals surface area contributed by atoms with Crippen molar-refractivity contribution in [3.05, 3.63) is 47.3 Å². The van der Waals surface area contributed by atoms with Gasteiger partial charge in [0.1, 0.15) is 5.75 Å². The van der Waals surface area contributed by atoms with E-state index >= 15 is 0 Å². The van der Waals surface area contributed by atoms with Crippen molar-refractivity contribution in [2.75, 3.05) is 18.5 Å². The minimum absolute atomic E-state index is 0.120. The summed E-state index contributed by atoms with van der Waals surface area (Å²) in [5.41, 5.74) is 4.79. The van der Waals surface area contributed by atoms with Gasteiger partial charge in [-0.25, -0.2) is 9.78 Å². The number of carbonyl (C=O) groups is 1. The van der Waals surface area contributed by atoms with E-state index in [0.717, 1.165) is 34.5 Å². The molecule has 0 atom stereocenters. The zero-order chi connectivity index (χ0) is 19.0. The van der Waals surface area contributed by atoms with Crippen molar-refractivity contribution in [3.63, 3.8) is 0 Å². The van der Waals surface area contributed by atoms with Crippen molar-refractivity contribution in [1.29, 1.82) is 0 Å². The van der Waals surface area contributed by atoms with Gasteiger partial charge in [-0.1, -0.05) is 6.07 Å². The zero-order valence-electron chi connectivity index (χ0n) is 15.8. The van der Waals surface area contributed by atoms with E-state index in [1.165, 1.54) is 5.56 Å². The lowest BCUT2D eigenvalue weighted by Crippen LogP contribution is -2.38. The number of nitrogens with zero attached hydrogens (tertiary/aromatic N) is 4. The third-order valence-corrected chi connectivity index (χ3v) is 4.90. The highest BCUT2D eigenvalue weighted by Gasteiger charge is 2.21. The second kappa shape index (κ2) is 6.90. The number of carbonyl (C=O) groups excluding carboxylic acids is 1. The van der Waals surface area contributed by atoms with Gasteiger partial charge in [0.25, 0.3) is 0 Å². The molecule has 0 saturated heterocycles. The molecule has 0 aliphatic carbocycles. The van der Waals surface area contributed by atoms with Crippen molar-refractivity contribution in [3.8, 4) is 5.75 Å². The highest BCUT2D eigenvalue weighted by atomic mass is 16.5. The predicted molar refractivity (Wildman–Crippen MR) is 104 cm³/mol. The first-order chi connectivity index (χ1) is 13.0. The second-order valence-corrected chi connectivity index (χ2v) is 6.77. The van der Waals surface area contributed by atoms with Gasteiger partial charge in [-0.3, -0.25) is 4.68 Å². The van der Waals surface area contributed by atoms with Crippen LogP contribution in [0, 0.1) is 6.92 Å². The molecule has 7 nitrogen and oxygen atoms in total. The van der Waals surface area contributed by atoms with Crippen LogP contribution in [0.4, 0.5) is 10.5 Å². The highest BCUT2D eigenvalue weighted by molar-refractivity contribution is 5.92. The monoisotopic (exact) mass is 365 g/mol. The average Bonchev–Trinajstić information content (AvgIpc) is 2.95. The normalized spacial score (nSPS) is 13.5. The maximum absolute atomic E-state index is 12.7. The SMILES string of the molecule is CCOc1ccc2c(c1)CN(C(=O)Nc1cnc3c(c1)c(C)nn3C)CC2. The van der Waals surface area contributed by atoms with Gasteiger partial charge in [0.2, 0.25) is 0 Å². The van der Waals surface area contributed by atoms with E-state index < -0.39 is 0 Å². The molecule has 4 rings (SSSR count). The number of anilines is 1. The maximum Gasteiger partial charge on any atom is 0.322 e. The van der Waals surface area contributed by atoms with Gasteiger partial charge in [-0.15, -0.1) is 0 Å². The average molecular weight is 365 g/mol. The molecule has 0 spiro atoms. The number of aromatic nitrogens is 3. The quantitative estimate of drug-likeness (QED) is 0.773. The van der Waals surface area contributed by atoms with E-state index in [1.54, 1.807) is 10.9 Å². The molecule has 3 aromatic rings. The Morgan fingerprint density at radius 1 is 1.30 bits per heavy atom. The lowest BCUT2D eigenvalue weighted by molar-refractivity contribution is 0.206. The van der Waals surface area contributed by atoms with Gasteiger partial charge in [-0.05, 0) is 49.6 Å². The first-order valence-electron chi connectivity index (χ1n) is 9.15. The molecule has 0 unspecified atom stereocenters. The lowest BCUT2D eigenvalue weighted by atomic mass is 10.00. The molecule has 2 amide bonds. The standard InChI is InChI=1S/C20H23N5O2/c1-4-27-17-6-5-14-7-8-25(12-15(14)9-17)20(26)22-16-10-18-13(2)23-24(3)19(18)21-11-16/h5-6,9-11H,4,7-8,12H2,1-3H3,(H,22,26). The number of urea groups is 1. The number of hydrogen-bond acceptors (Lipinski definition) is 4. The fourth-order valence-electron chi connectivity index (χ4n) is 3.54. The van der Waals surface area contributed by atoms with Crippen LogP contribution < -0.4 is 10.1 Å². The van der Waals surface area contributed by atoms with Crippen LogP contribution in [0.25, 0.3) is 11.0 Å². The Labute approximate surface area is 157 Å². The molecule has 3 heterocycles. The predicted octanol–water partition coefficient (Wildman–Crippen LogP) is 3.27. The number of pyridine rings is 1. The van der Waals surface area contributed by atoms with Crippen molar-refractivity contribution in [1.82, 2.24) is 19.7 Å². The van der Waals surface area contributed by atoms with Gasteiger partial charge < -0.3 is 15.0 Å². The first kappa shape index (κ1) is 17.3. The largest absolute Gasteiger partial charge is 0.494 e. The van der Waals surface area contributed by atoms with Crippen molar-refractivity contribution >= 4 is 22.8 Å². The van der Waals surface area contributed by atoms with Crippen LogP contribution in [0.3, 0.4) is 0 Å². The fourth-order valence-corrected chi connectivity index (χ4v) is 3.54. The van der Waals surface area contributed by atoms with Crippen molar-refractivity contribution < 1.29 is 9.53 Å². The molecule has 140 valence electrons. The smallest absolute Gasteiger partial charge is 0.322 e. The molecule has 1 N–H and O–H groups in total. The molecule has 7 heteroatoms. The van der Waals surface area contributed by atoms with E-state index in [1.807, 2.05) is 44.0 Å². The van der Waals surface area contributed by atoms with Crippen LogP contribution in [-0.4, -0.2) is 38.8 Å². The lowest BCUT2D eigenvalue weighted by Gasteiger charge is -2.29. The summed E-state index contributed by atoms with van der Waals surface area (Å²) in [5.74, 6) is 0.847. The third-order valence-electron chi connectivity index (χ3n) is 4.90. The Hall–Kier alpha value is -3.09. The summed E-state index contributed by atoms with van der Waals surface area (Å²) in [7, 11) is 1.86. The van der Waals surface area contributed by atoms with Gasteiger partial charge in [0.05, 0.1) is 24.2 Å². The molecule has 1 aliphatic heterocycles. The van der Waals surface area contributed by atoms with Crippen molar-refractivity contribution in [2.45, 2.75) is 26.8 Å². The minimum Gasteiger partial charge on any atom is -0.494 e. The summed E-state index contributed by atoms with van der Waals surface area (Å²) in [6.07, 6.45) is 2.51. The summed E-state index contributed by atoms with van der Waals surface area (Å²) in [6, 6.07) is 7.93. The van der Waals surface area contributed by atoms with E-state index in [9.17, 15) is 4.79 Å². The Morgan fingerprint density at radius 2 is 2.15 bits per heavy atom. The summed E-state index contributed by atoms with van der Waals surface area (Å²) >= 11 is 0. The summed E-state index contributed by atoms with van der Waals surface area (Å²) < 4.78 is 7.33. The minimum atomic E-state index is -0.120. The molecule has 0 saturated carbocycles. The molecule has 2 aromatic heterocycles. The molecular formula is C20H23N5O2. The molecule has 1 aromatic carbocycles. The Bertz CT molecular complexity index is 1010. The Balaban J connectivity index is 1.50. The van der Waals surface area contributed by atoms with Crippen molar-refractivity contribution in [2.24, 2.45) is 7.05 Å². The highest BCUT2D eigenvalue weighted by Crippen LogP contribution is 2.25. The summed E-state index contributed by atoms with van der Waals surface area (Å²) in [5, 5.41) is 8.28. The number of rotatable bonds is 3. The van der Waals surface area contributed by atoms with Gasteiger partial charge >= 0.3 is 6.03 Å². The van der Waals surface area contributed by atoms with Crippen LogP contribution >= 0.6 is 0 Å². The van der Waals surface area contributed by atoms with Crippen LogP contribution in [0.15, 0.2) is 30.5 Å². The Morgan fingerprint density at radius 3 is 2.96 bits per heavy atom. The van der Waals surface area contributed by atoms with Gasteiger partial charge in [0, 0.05) is 25.5 Å². The topological polar surface area (TPSA) is 72.3 Å². The van der Waals surface area contributed by atoms with Crippen LogP contribution in [0.2, 0.25) is 0 Å². The van der Waals surface area contributed by atoms with Crippen LogP contribution in [0.5, 0.6) is 5.75 Å². The number of aryl methyl sites for hydroxylation is 2. The number of fused-ring (bicyclic) bond motifs is 2. The number of nitrogens with one attached hydrogen (secondary N) is 1. The third kappa shape index (κ3) is 3.32. The van der Waals surface area contributed by atoms with Gasteiger partial charge in [0.15, 0.2) is 5.65 Å². The zero-order valence-corrected chi connectivity index (χ0v) is 15.8. The van der Waals surface area contributed by atoms with E-state index in [0.29, 0.717) is 25.4 Å². The number of benzene rings is 1.